The number of carbonyl (C=O) groups is 2. The van der Waals surface area contributed by atoms with E-state index in [9.17, 15) is 9.59 Å². The highest BCUT2D eigenvalue weighted by Gasteiger charge is 2.65. The maximum atomic E-state index is 12.5. The first-order valence-corrected chi connectivity index (χ1v) is 9.44. The summed E-state index contributed by atoms with van der Waals surface area (Å²) in [6, 6.07) is 7.95. The molecule has 7 heteroatoms. The van der Waals surface area contributed by atoms with Crippen LogP contribution >= 0.6 is 11.3 Å². The number of esters is 2. The van der Waals surface area contributed by atoms with E-state index in [1.54, 1.807) is 6.92 Å². The number of benzene rings is 1. The van der Waals surface area contributed by atoms with Crippen LogP contribution in [0.3, 0.4) is 0 Å². The average molecular weight is 372 g/mol. The summed E-state index contributed by atoms with van der Waals surface area (Å²) in [5.41, 5.74) is 0.621. The van der Waals surface area contributed by atoms with Crippen molar-refractivity contribution in [3.63, 3.8) is 0 Å². The molecule has 1 aromatic heterocycles. The van der Waals surface area contributed by atoms with Gasteiger partial charge in [-0.15, -0.1) is 11.3 Å². The second kappa shape index (κ2) is 5.81. The molecule has 2 aromatic rings. The summed E-state index contributed by atoms with van der Waals surface area (Å²) in [7, 11) is 0. The number of thiazole rings is 1. The van der Waals surface area contributed by atoms with Crippen LogP contribution in [0, 0.1) is 12.3 Å². The van der Waals surface area contributed by atoms with E-state index in [0.29, 0.717) is 12.1 Å². The van der Waals surface area contributed by atoms with Crippen molar-refractivity contribution in [2.45, 2.75) is 45.3 Å². The predicted octanol–water partition coefficient (Wildman–Crippen LogP) is 3.68. The molecular formula is C19H20N2O4S. The first kappa shape index (κ1) is 17.0. The van der Waals surface area contributed by atoms with E-state index in [1.807, 2.05) is 43.5 Å². The van der Waals surface area contributed by atoms with Crippen molar-refractivity contribution >= 4 is 34.1 Å². The minimum atomic E-state index is -1.19. The van der Waals surface area contributed by atoms with Gasteiger partial charge in [0.1, 0.15) is 6.10 Å². The van der Waals surface area contributed by atoms with Crippen molar-refractivity contribution < 1.29 is 19.1 Å². The first-order valence-electron chi connectivity index (χ1n) is 8.56. The molecule has 136 valence electrons. The van der Waals surface area contributed by atoms with Crippen molar-refractivity contribution in [1.29, 1.82) is 0 Å². The van der Waals surface area contributed by atoms with Crippen molar-refractivity contribution in [2.75, 3.05) is 5.32 Å². The first-order chi connectivity index (χ1) is 12.3. The monoisotopic (exact) mass is 372 g/mol. The molecule has 0 radical (unpaired) electrons. The molecule has 1 aromatic carbocycles. The third-order valence-corrected chi connectivity index (χ3v) is 5.87. The summed E-state index contributed by atoms with van der Waals surface area (Å²) in [5.74, 6) is -0.983. The molecule has 2 aliphatic rings. The fourth-order valence-corrected chi connectivity index (χ4v) is 4.60. The topological polar surface area (TPSA) is 77.5 Å². The number of hydrogen-bond acceptors (Lipinski definition) is 7. The fourth-order valence-electron chi connectivity index (χ4n) is 3.75. The molecule has 0 aliphatic carbocycles. The molecule has 1 N–H and O–H groups in total. The number of ether oxygens (including phenoxy) is 2. The highest BCUT2D eigenvalue weighted by molar-refractivity contribution is 7.13. The zero-order valence-electron chi connectivity index (χ0n) is 14.9. The predicted molar refractivity (Wildman–Crippen MR) is 97.2 cm³/mol. The van der Waals surface area contributed by atoms with Gasteiger partial charge in [0.15, 0.2) is 16.1 Å². The van der Waals surface area contributed by atoms with E-state index < -0.39 is 23.0 Å². The molecule has 2 aliphatic heterocycles. The Morgan fingerprint density at radius 2 is 2.04 bits per heavy atom. The lowest BCUT2D eigenvalue weighted by atomic mass is 9.78. The lowest BCUT2D eigenvalue weighted by Crippen LogP contribution is -2.31. The van der Waals surface area contributed by atoms with Gasteiger partial charge in [-0.25, -0.2) is 4.98 Å². The van der Waals surface area contributed by atoms with Gasteiger partial charge in [0.05, 0.1) is 5.69 Å². The highest BCUT2D eigenvalue weighted by atomic mass is 32.1. The maximum absolute atomic E-state index is 12.5. The van der Waals surface area contributed by atoms with Crippen LogP contribution in [0.2, 0.25) is 0 Å². The Hall–Kier alpha value is -2.41. The zero-order valence-corrected chi connectivity index (χ0v) is 15.7. The largest absolute Gasteiger partial charge is 0.462 e. The Kier molecular flexibility index (Phi) is 3.80. The second-order valence-electron chi connectivity index (χ2n) is 7.28. The zero-order chi connectivity index (χ0) is 18.5. The number of anilines is 2. The molecule has 6 nitrogen and oxygen atoms in total. The van der Waals surface area contributed by atoms with E-state index in [-0.39, 0.29) is 12.5 Å². The Bertz CT molecular complexity index is 895. The fraction of sp³-hybridized carbons (Fsp3) is 0.421. The lowest BCUT2D eigenvalue weighted by molar-refractivity contribution is -0.160. The molecule has 0 unspecified atom stereocenters. The van der Waals surface area contributed by atoms with Crippen LogP contribution in [0.5, 0.6) is 0 Å². The van der Waals surface area contributed by atoms with E-state index in [0.717, 1.165) is 16.4 Å². The van der Waals surface area contributed by atoms with Gasteiger partial charge < -0.3 is 14.8 Å². The van der Waals surface area contributed by atoms with Gasteiger partial charge in [-0.2, -0.15) is 0 Å². The Balaban J connectivity index is 1.59. The minimum absolute atomic E-state index is 0.259. The molecule has 1 spiro atoms. The van der Waals surface area contributed by atoms with Crippen molar-refractivity contribution in [3.8, 4) is 0 Å². The van der Waals surface area contributed by atoms with Gasteiger partial charge in [0.2, 0.25) is 0 Å². The molecule has 3 atom stereocenters. The number of cyclic esters (lactones) is 2. The summed E-state index contributed by atoms with van der Waals surface area (Å²) in [6.07, 6.45) is 0.347. The van der Waals surface area contributed by atoms with E-state index in [1.165, 1.54) is 11.3 Å². The Morgan fingerprint density at radius 1 is 1.27 bits per heavy atom. The second-order valence-corrected chi connectivity index (χ2v) is 8.14. The molecule has 0 amide bonds. The van der Waals surface area contributed by atoms with Gasteiger partial charge in [0, 0.05) is 23.9 Å². The molecule has 3 heterocycles. The molecule has 4 rings (SSSR count). The molecule has 0 bridgehead atoms. The van der Waals surface area contributed by atoms with Crippen LogP contribution in [0.1, 0.15) is 37.9 Å². The summed E-state index contributed by atoms with van der Waals surface area (Å²) in [6.45, 7) is 5.62. The molecule has 2 saturated heterocycles. The van der Waals surface area contributed by atoms with Crippen LogP contribution in [0.25, 0.3) is 0 Å². The van der Waals surface area contributed by atoms with Crippen molar-refractivity contribution in [2.24, 2.45) is 5.41 Å². The molecule has 26 heavy (non-hydrogen) atoms. The van der Waals surface area contributed by atoms with Crippen LogP contribution in [0.15, 0.2) is 29.6 Å². The summed E-state index contributed by atoms with van der Waals surface area (Å²) in [5, 5.41) is 5.89. The highest BCUT2D eigenvalue weighted by Crippen LogP contribution is 2.52. The smallest absolute Gasteiger partial charge is 0.324 e. The standard InChI is InChI=1S/C19H20N2O4S/c1-11-6-4-5-7-13(11)20-17-21-14(9-26-17)18(3)10-19(16(23)25-18)8-12(2)24-15(19)22/h4-7,9,12H,8,10H2,1-3H3,(H,20,21)/t12-,18+,19+/m0/s1. The van der Waals surface area contributed by atoms with E-state index >= 15 is 0 Å². The van der Waals surface area contributed by atoms with Crippen LogP contribution in [0.4, 0.5) is 10.8 Å². The van der Waals surface area contributed by atoms with Gasteiger partial charge in [0.25, 0.3) is 0 Å². The van der Waals surface area contributed by atoms with Gasteiger partial charge in [-0.3, -0.25) is 9.59 Å². The van der Waals surface area contributed by atoms with E-state index in [2.05, 4.69) is 10.3 Å². The summed E-state index contributed by atoms with van der Waals surface area (Å²) >= 11 is 1.44. The lowest BCUT2D eigenvalue weighted by Gasteiger charge is -2.20. The Morgan fingerprint density at radius 3 is 2.73 bits per heavy atom. The average Bonchev–Trinajstić information content (AvgIpc) is 3.22. The quantitative estimate of drug-likeness (QED) is 0.654. The van der Waals surface area contributed by atoms with E-state index in [4.69, 9.17) is 9.47 Å². The SMILES string of the molecule is Cc1ccccc1Nc1nc([C@@]2(C)C[C@@]3(C[C@H](C)OC3=O)C(=O)O2)cs1. The maximum Gasteiger partial charge on any atom is 0.324 e. The molecule has 2 fully saturated rings. The normalized spacial score (nSPS) is 30.5. The van der Waals surface area contributed by atoms with Crippen LogP contribution in [-0.4, -0.2) is 23.0 Å². The summed E-state index contributed by atoms with van der Waals surface area (Å²) in [4.78, 5) is 29.4. The third-order valence-electron chi connectivity index (χ3n) is 5.12. The van der Waals surface area contributed by atoms with Crippen LogP contribution < -0.4 is 5.32 Å². The number of rotatable bonds is 3. The van der Waals surface area contributed by atoms with Crippen molar-refractivity contribution in [3.05, 3.63) is 40.9 Å². The number of nitrogens with zero attached hydrogens (tertiary/aromatic N) is 1. The number of nitrogens with one attached hydrogen (secondary N) is 1. The number of para-hydroxylation sites is 1. The van der Waals surface area contributed by atoms with Crippen molar-refractivity contribution in [1.82, 2.24) is 4.98 Å². The van der Waals surface area contributed by atoms with Gasteiger partial charge in [-0.05, 0) is 32.4 Å². The van der Waals surface area contributed by atoms with Gasteiger partial charge in [-0.1, -0.05) is 18.2 Å². The van der Waals surface area contributed by atoms with Crippen LogP contribution in [-0.2, 0) is 24.7 Å². The molecule has 0 saturated carbocycles. The Labute approximate surface area is 155 Å². The van der Waals surface area contributed by atoms with Gasteiger partial charge >= 0.3 is 11.9 Å². The number of aryl methyl sites for hydroxylation is 1. The number of hydrogen-bond donors (Lipinski definition) is 1. The number of carbonyl (C=O) groups excluding carboxylic acids is 2. The third kappa shape index (κ3) is 2.58. The number of aromatic nitrogens is 1. The summed E-state index contributed by atoms with van der Waals surface area (Å²) < 4.78 is 10.9. The minimum Gasteiger partial charge on any atom is -0.462 e. The molecular weight excluding hydrogens is 352 g/mol.